The molecule has 1 N–H and O–H groups in total. The number of hydrogen-bond donors (Lipinski definition) is 1. The SMILES string of the molecule is CCC.CCNC(=O)C1CCCC(C)C1. The van der Waals surface area contributed by atoms with Gasteiger partial charge in [0.2, 0.25) is 5.91 Å². The largest absolute Gasteiger partial charge is 0.356 e. The molecule has 0 heterocycles. The number of rotatable bonds is 2. The number of carbonyl (C=O) groups excluding carboxylic acids is 1. The maximum atomic E-state index is 11.4. The Morgan fingerprint density at radius 1 is 1.27 bits per heavy atom. The zero-order valence-corrected chi connectivity index (χ0v) is 10.8. The van der Waals surface area contributed by atoms with Crippen molar-refractivity contribution in [3.63, 3.8) is 0 Å². The van der Waals surface area contributed by atoms with Crippen LogP contribution in [0.5, 0.6) is 0 Å². The summed E-state index contributed by atoms with van der Waals surface area (Å²) in [6.07, 6.45) is 5.96. The summed E-state index contributed by atoms with van der Waals surface area (Å²) in [5.74, 6) is 1.31. The van der Waals surface area contributed by atoms with Crippen LogP contribution in [-0.2, 0) is 4.79 Å². The molecule has 0 aliphatic heterocycles. The van der Waals surface area contributed by atoms with E-state index >= 15 is 0 Å². The highest BCUT2D eigenvalue weighted by Gasteiger charge is 2.24. The zero-order chi connectivity index (χ0) is 11.7. The summed E-state index contributed by atoms with van der Waals surface area (Å²) in [7, 11) is 0. The molecule has 0 aromatic rings. The molecule has 1 saturated carbocycles. The molecule has 15 heavy (non-hydrogen) atoms. The standard InChI is InChI=1S/C10H19NO.C3H8/c1-3-11-10(12)9-6-4-5-8(2)7-9;1-3-2/h8-9H,3-7H2,1-2H3,(H,11,12);3H2,1-2H3. The van der Waals surface area contributed by atoms with E-state index in [9.17, 15) is 4.79 Å². The first-order valence-electron chi connectivity index (χ1n) is 6.43. The fourth-order valence-electron chi connectivity index (χ4n) is 1.99. The molecule has 2 heteroatoms. The summed E-state index contributed by atoms with van der Waals surface area (Å²) in [5.41, 5.74) is 0. The maximum absolute atomic E-state index is 11.4. The van der Waals surface area contributed by atoms with Crippen molar-refractivity contribution in [3.8, 4) is 0 Å². The lowest BCUT2D eigenvalue weighted by Crippen LogP contribution is -2.33. The smallest absolute Gasteiger partial charge is 0.223 e. The normalized spacial score (nSPS) is 25.1. The van der Waals surface area contributed by atoms with Crippen molar-refractivity contribution in [2.24, 2.45) is 11.8 Å². The first-order valence-corrected chi connectivity index (χ1v) is 6.43. The fourth-order valence-corrected chi connectivity index (χ4v) is 1.99. The van der Waals surface area contributed by atoms with Crippen LogP contribution in [0.2, 0.25) is 0 Å². The molecular weight excluding hydrogens is 186 g/mol. The van der Waals surface area contributed by atoms with Gasteiger partial charge in [0.15, 0.2) is 0 Å². The topological polar surface area (TPSA) is 29.1 Å². The molecule has 1 aliphatic rings. The average molecular weight is 213 g/mol. The van der Waals surface area contributed by atoms with Crippen LogP contribution in [0, 0.1) is 11.8 Å². The van der Waals surface area contributed by atoms with Crippen molar-refractivity contribution in [2.75, 3.05) is 6.54 Å². The van der Waals surface area contributed by atoms with E-state index in [0.29, 0.717) is 5.92 Å². The summed E-state index contributed by atoms with van der Waals surface area (Å²) in [6, 6.07) is 0. The van der Waals surface area contributed by atoms with Crippen LogP contribution in [0.4, 0.5) is 0 Å². The number of nitrogens with one attached hydrogen (secondary N) is 1. The van der Waals surface area contributed by atoms with E-state index in [2.05, 4.69) is 26.1 Å². The molecule has 1 rings (SSSR count). The van der Waals surface area contributed by atoms with E-state index in [1.165, 1.54) is 19.3 Å². The Kier molecular flexibility index (Phi) is 8.44. The van der Waals surface area contributed by atoms with Gasteiger partial charge in [-0.1, -0.05) is 40.0 Å². The fraction of sp³-hybridized carbons (Fsp3) is 0.923. The van der Waals surface area contributed by atoms with Crippen LogP contribution in [0.25, 0.3) is 0 Å². The highest BCUT2D eigenvalue weighted by Crippen LogP contribution is 2.28. The van der Waals surface area contributed by atoms with Gasteiger partial charge >= 0.3 is 0 Å². The van der Waals surface area contributed by atoms with Crippen molar-refractivity contribution in [2.45, 2.75) is 59.8 Å². The van der Waals surface area contributed by atoms with Crippen LogP contribution in [0.15, 0.2) is 0 Å². The molecule has 0 bridgehead atoms. The second-order valence-electron chi connectivity index (χ2n) is 4.57. The second-order valence-corrected chi connectivity index (χ2v) is 4.57. The molecule has 1 fully saturated rings. The van der Waals surface area contributed by atoms with Crippen LogP contribution in [-0.4, -0.2) is 12.5 Å². The van der Waals surface area contributed by atoms with E-state index in [1.807, 2.05) is 6.92 Å². The predicted molar refractivity (Wildman–Crippen MR) is 65.8 cm³/mol. The Bertz CT molecular complexity index is 168. The third kappa shape index (κ3) is 6.53. The van der Waals surface area contributed by atoms with Crippen LogP contribution in [0.1, 0.15) is 59.8 Å². The lowest BCUT2D eigenvalue weighted by atomic mass is 9.82. The highest BCUT2D eigenvalue weighted by atomic mass is 16.1. The third-order valence-corrected chi connectivity index (χ3v) is 2.66. The molecule has 0 aromatic carbocycles. The van der Waals surface area contributed by atoms with Crippen LogP contribution < -0.4 is 5.32 Å². The van der Waals surface area contributed by atoms with E-state index < -0.39 is 0 Å². The molecule has 0 radical (unpaired) electrons. The molecule has 1 amide bonds. The molecule has 90 valence electrons. The van der Waals surface area contributed by atoms with Crippen molar-refractivity contribution >= 4 is 5.91 Å². The highest BCUT2D eigenvalue weighted by molar-refractivity contribution is 5.78. The van der Waals surface area contributed by atoms with Crippen LogP contribution in [0.3, 0.4) is 0 Å². The van der Waals surface area contributed by atoms with Crippen LogP contribution >= 0.6 is 0 Å². The molecule has 2 unspecified atom stereocenters. The minimum atomic E-state index is 0.268. The van der Waals surface area contributed by atoms with Gasteiger partial charge in [-0.05, 0) is 25.7 Å². The third-order valence-electron chi connectivity index (χ3n) is 2.66. The Balaban J connectivity index is 0.000000583. The number of amides is 1. The molecule has 2 nitrogen and oxygen atoms in total. The molecular formula is C13H27NO. The van der Waals surface area contributed by atoms with E-state index in [-0.39, 0.29) is 5.91 Å². The first kappa shape index (κ1) is 14.5. The van der Waals surface area contributed by atoms with Gasteiger partial charge in [-0.25, -0.2) is 0 Å². The van der Waals surface area contributed by atoms with E-state index in [4.69, 9.17) is 0 Å². The molecule has 0 saturated heterocycles. The lowest BCUT2D eigenvalue weighted by molar-refractivity contribution is -0.126. The summed E-state index contributed by atoms with van der Waals surface area (Å²) in [5, 5.41) is 2.90. The lowest BCUT2D eigenvalue weighted by Gasteiger charge is -2.25. The van der Waals surface area contributed by atoms with E-state index in [1.54, 1.807) is 0 Å². The number of carbonyl (C=O) groups is 1. The van der Waals surface area contributed by atoms with Gasteiger partial charge in [-0.2, -0.15) is 0 Å². The molecule has 0 aromatic heterocycles. The molecule has 2 atom stereocenters. The molecule has 0 spiro atoms. The minimum Gasteiger partial charge on any atom is -0.356 e. The van der Waals surface area contributed by atoms with Gasteiger partial charge in [0.1, 0.15) is 0 Å². The summed E-state index contributed by atoms with van der Waals surface area (Å²) in [6.45, 7) is 9.24. The second kappa shape index (κ2) is 8.75. The molecule has 1 aliphatic carbocycles. The number of hydrogen-bond acceptors (Lipinski definition) is 1. The first-order chi connectivity index (χ1) is 7.15. The monoisotopic (exact) mass is 213 g/mol. The quantitative estimate of drug-likeness (QED) is 0.748. The van der Waals surface area contributed by atoms with Gasteiger partial charge in [0, 0.05) is 12.5 Å². The predicted octanol–water partition coefficient (Wildman–Crippen LogP) is 3.37. The maximum Gasteiger partial charge on any atom is 0.223 e. The summed E-state index contributed by atoms with van der Waals surface area (Å²) >= 11 is 0. The average Bonchev–Trinajstić information content (AvgIpc) is 2.19. The van der Waals surface area contributed by atoms with Crippen molar-refractivity contribution in [1.82, 2.24) is 5.32 Å². The van der Waals surface area contributed by atoms with Gasteiger partial charge in [0.05, 0.1) is 0 Å². The van der Waals surface area contributed by atoms with E-state index in [0.717, 1.165) is 25.3 Å². The van der Waals surface area contributed by atoms with Gasteiger partial charge in [0.25, 0.3) is 0 Å². The minimum absolute atomic E-state index is 0.268. The summed E-state index contributed by atoms with van der Waals surface area (Å²) in [4.78, 5) is 11.4. The zero-order valence-electron chi connectivity index (χ0n) is 10.8. The Morgan fingerprint density at radius 2 is 1.87 bits per heavy atom. The van der Waals surface area contributed by atoms with Crippen molar-refractivity contribution in [1.29, 1.82) is 0 Å². The van der Waals surface area contributed by atoms with Gasteiger partial charge in [-0.15, -0.1) is 0 Å². The van der Waals surface area contributed by atoms with Crippen molar-refractivity contribution in [3.05, 3.63) is 0 Å². The van der Waals surface area contributed by atoms with Gasteiger partial charge in [-0.3, -0.25) is 4.79 Å². The van der Waals surface area contributed by atoms with Crippen molar-refractivity contribution < 1.29 is 4.79 Å². The Labute approximate surface area is 94.8 Å². The summed E-state index contributed by atoms with van der Waals surface area (Å²) < 4.78 is 0. The Hall–Kier alpha value is -0.530. The van der Waals surface area contributed by atoms with Gasteiger partial charge < -0.3 is 5.32 Å². The Morgan fingerprint density at radius 3 is 2.33 bits per heavy atom.